The smallest absolute Gasteiger partial charge is 0.270 e. The van der Waals surface area contributed by atoms with Crippen LogP contribution in [0.5, 0.6) is 0 Å². The van der Waals surface area contributed by atoms with E-state index >= 15 is 0 Å². The van der Waals surface area contributed by atoms with Crippen molar-refractivity contribution in [2.45, 2.75) is 32.1 Å². The number of anilines is 1. The topological polar surface area (TPSA) is 62.3 Å². The number of nitrogens with one attached hydrogen (secondary N) is 1. The molecule has 1 N–H and O–H groups in total. The summed E-state index contributed by atoms with van der Waals surface area (Å²) in [6.45, 7) is 7.71. The Morgan fingerprint density at radius 3 is 2.50 bits per heavy atom. The second-order valence-corrected chi connectivity index (χ2v) is 6.05. The molecule has 1 aromatic carbocycles. The van der Waals surface area contributed by atoms with E-state index in [0.717, 1.165) is 34.4 Å². The summed E-state index contributed by atoms with van der Waals surface area (Å²) >= 11 is 4.59. The lowest BCUT2D eigenvalue weighted by atomic mass is 10.1. The third-order valence-electron chi connectivity index (χ3n) is 3.95. The molecule has 0 saturated carbocycles. The first-order valence-electron chi connectivity index (χ1n) is 8.12. The molecule has 0 fully saturated rings. The normalized spacial score (nSPS) is 10.7. The van der Waals surface area contributed by atoms with Crippen molar-refractivity contribution >= 4 is 40.8 Å². The Balaban J connectivity index is 2.45. The summed E-state index contributed by atoms with van der Waals surface area (Å²) in [6.07, 6.45) is 1.96. The van der Waals surface area contributed by atoms with Crippen molar-refractivity contribution in [2.75, 3.05) is 24.5 Å². The fourth-order valence-electron chi connectivity index (χ4n) is 2.72. The molecular weight excluding hydrogens is 322 g/mol. The number of hydrogen-bond donors (Lipinski definition) is 2. The monoisotopic (exact) mass is 345 g/mol. The van der Waals surface area contributed by atoms with Crippen molar-refractivity contribution in [1.29, 1.82) is 0 Å². The number of carbonyl (C=O) groups is 2. The second kappa shape index (κ2) is 8.15. The maximum Gasteiger partial charge on any atom is 0.270 e. The molecular formula is C18H23N3O2S. The molecule has 6 heteroatoms. The maximum absolute atomic E-state index is 12.4. The fraction of sp³-hybridized carbons (Fsp3) is 0.389. The van der Waals surface area contributed by atoms with Gasteiger partial charge >= 0.3 is 0 Å². The summed E-state index contributed by atoms with van der Waals surface area (Å²) in [5.74, 6) is -0.219. The molecule has 0 aliphatic carbocycles. The van der Waals surface area contributed by atoms with Crippen molar-refractivity contribution in [3.63, 3.8) is 0 Å². The van der Waals surface area contributed by atoms with Gasteiger partial charge in [-0.1, -0.05) is 6.07 Å². The van der Waals surface area contributed by atoms with Crippen LogP contribution < -0.4 is 10.2 Å². The van der Waals surface area contributed by atoms with Gasteiger partial charge in [0.25, 0.3) is 5.91 Å². The molecule has 5 nitrogen and oxygen atoms in total. The van der Waals surface area contributed by atoms with Gasteiger partial charge in [0.05, 0.1) is 5.69 Å². The van der Waals surface area contributed by atoms with Crippen LogP contribution in [0.3, 0.4) is 0 Å². The minimum Gasteiger partial charge on any atom is -0.371 e. The minimum atomic E-state index is -0.265. The minimum absolute atomic E-state index is 0.0460. The average Bonchev–Trinajstić information content (AvgIpc) is 2.56. The Kier molecular flexibility index (Phi) is 6.20. The van der Waals surface area contributed by atoms with Crippen LogP contribution in [0.25, 0.3) is 10.8 Å². The fourth-order valence-corrected chi connectivity index (χ4v) is 3.05. The van der Waals surface area contributed by atoms with Crippen LogP contribution in [0.1, 0.15) is 37.7 Å². The van der Waals surface area contributed by atoms with Crippen molar-refractivity contribution < 1.29 is 9.59 Å². The highest BCUT2D eigenvalue weighted by Gasteiger charge is 2.17. The molecule has 0 bridgehead atoms. The van der Waals surface area contributed by atoms with Gasteiger partial charge in [0.1, 0.15) is 11.5 Å². The average molecular weight is 345 g/mol. The highest BCUT2D eigenvalue weighted by atomic mass is 32.1. The number of thiol groups is 1. The molecule has 0 radical (unpaired) electrons. The summed E-state index contributed by atoms with van der Waals surface area (Å²) in [4.78, 5) is 30.8. The summed E-state index contributed by atoms with van der Waals surface area (Å²) in [5, 5.41) is 4.50. The summed E-state index contributed by atoms with van der Waals surface area (Å²) < 4.78 is 0. The molecule has 1 heterocycles. The van der Waals surface area contributed by atoms with Crippen LogP contribution >= 0.6 is 12.6 Å². The Morgan fingerprint density at radius 2 is 1.88 bits per heavy atom. The number of pyridine rings is 1. The molecule has 0 saturated heterocycles. The summed E-state index contributed by atoms with van der Waals surface area (Å²) in [6, 6.07) is 5.68. The Labute approximate surface area is 147 Å². The molecule has 128 valence electrons. The number of hydrogen-bond acceptors (Lipinski definition) is 5. The Morgan fingerprint density at radius 1 is 1.17 bits per heavy atom. The zero-order valence-electron chi connectivity index (χ0n) is 14.3. The van der Waals surface area contributed by atoms with E-state index in [-0.39, 0.29) is 11.7 Å². The number of fused-ring (bicyclic) bond motifs is 1. The molecule has 1 aromatic heterocycles. The first-order valence-corrected chi connectivity index (χ1v) is 8.57. The first kappa shape index (κ1) is 18.3. The number of ketones is 1. The van der Waals surface area contributed by atoms with E-state index in [1.807, 2.05) is 18.2 Å². The van der Waals surface area contributed by atoms with Gasteiger partial charge in [0, 0.05) is 47.9 Å². The van der Waals surface area contributed by atoms with Gasteiger partial charge in [-0.2, -0.15) is 0 Å². The zero-order chi connectivity index (χ0) is 17.7. The number of amides is 1. The van der Waals surface area contributed by atoms with Gasteiger partial charge in [-0.25, -0.2) is 0 Å². The van der Waals surface area contributed by atoms with Gasteiger partial charge in [-0.15, -0.1) is 12.6 Å². The van der Waals surface area contributed by atoms with Crippen LogP contribution in [0.15, 0.2) is 29.3 Å². The number of Topliss-reactive ketones (excluding diaryl/α,β-unsaturated/α-hetero) is 1. The number of benzene rings is 1. The van der Waals surface area contributed by atoms with Crippen LogP contribution in [-0.4, -0.2) is 36.3 Å². The van der Waals surface area contributed by atoms with Crippen molar-refractivity contribution in [1.82, 2.24) is 10.3 Å². The van der Waals surface area contributed by atoms with Crippen molar-refractivity contribution in [3.8, 4) is 0 Å². The van der Waals surface area contributed by atoms with Crippen LogP contribution in [0, 0.1) is 0 Å². The molecule has 24 heavy (non-hydrogen) atoms. The molecule has 1 amide bonds. The largest absolute Gasteiger partial charge is 0.371 e. The van der Waals surface area contributed by atoms with E-state index in [1.54, 1.807) is 6.20 Å². The standard InChI is InChI=1S/C18H23N3O2S/c1-4-21(5-2)17-14-9-11-19-16(13(14)6-7-15(17)24)18(23)20-10-8-12(3)22/h6-7,9,11,24H,4-5,8,10H2,1-3H3,(H,20,23). The Hall–Kier alpha value is -2.08. The quantitative estimate of drug-likeness (QED) is 0.757. The predicted octanol–water partition coefficient (Wildman–Crippen LogP) is 3.08. The van der Waals surface area contributed by atoms with E-state index in [9.17, 15) is 9.59 Å². The van der Waals surface area contributed by atoms with Gasteiger partial charge < -0.3 is 10.2 Å². The molecule has 0 aliphatic rings. The lowest BCUT2D eigenvalue weighted by molar-refractivity contribution is -0.116. The molecule has 2 aromatic rings. The van der Waals surface area contributed by atoms with Crippen LogP contribution in [-0.2, 0) is 4.79 Å². The van der Waals surface area contributed by atoms with Gasteiger partial charge in [0.2, 0.25) is 0 Å². The lowest BCUT2D eigenvalue weighted by Gasteiger charge is -2.25. The third kappa shape index (κ3) is 3.87. The van der Waals surface area contributed by atoms with Gasteiger partial charge in [0.15, 0.2) is 0 Å². The summed E-state index contributed by atoms with van der Waals surface area (Å²) in [5.41, 5.74) is 1.39. The molecule has 0 spiro atoms. The molecule has 0 atom stereocenters. The zero-order valence-corrected chi connectivity index (χ0v) is 15.2. The Bertz CT molecular complexity index is 757. The van der Waals surface area contributed by atoms with Crippen molar-refractivity contribution in [2.24, 2.45) is 0 Å². The maximum atomic E-state index is 12.4. The van der Waals surface area contributed by atoms with Gasteiger partial charge in [-0.05, 0) is 32.9 Å². The van der Waals surface area contributed by atoms with E-state index in [4.69, 9.17) is 0 Å². The van der Waals surface area contributed by atoms with Crippen LogP contribution in [0.2, 0.25) is 0 Å². The molecule has 2 rings (SSSR count). The second-order valence-electron chi connectivity index (χ2n) is 5.57. The number of rotatable bonds is 7. The van der Waals surface area contributed by atoms with Gasteiger partial charge in [-0.3, -0.25) is 14.6 Å². The van der Waals surface area contributed by atoms with Crippen LogP contribution in [0.4, 0.5) is 5.69 Å². The van der Waals surface area contributed by atoms with E-state index in [0.29, 0.717) is 18.7 Å². The SMILES string of the molecule is CCN(CC)c1c(S)ccc2c(C(=O)NCCC(C)=O)nccc12. The van der Waals surface area contributed by atoms with E-state index in [2.05, 4.69) is 41.7 Å². The van der Waals surface area contributed by atoms with E-state index in [1.165, 1.54) is 6.92 Å². The predicted molar refractivity (Wildman–Crippen MR) is 100 cm³/mol. The number of carbonyl (C=O) groups excluding carboxylic acids is 2. The van der Waals surface area contributed by atoms with Crippen molar-refractivity contribution in [3.05, 3.63) is 30.1 Å². The first-order chi connectivity index (χ1) is 11.5. The third-order valence-corrected chi connectivity index (χ3v) is 4.31. The highest BCUT2D eigenvalue weighted by molar-refractivity contribution is 7.80. The lowest BCUT2D eigenvalue weighted by Crippen LogP contribution is -2.27. The molecule has 0 aliphatic heterocycles. The highest BCUT2D eigenvalue weighted by Crippen LogP contribution is 2.34. The number of nitrogens with zero attached hydrogens (tertiary/aromatic N) is 2. The molecule has 0 unspecified atom stereocenters. The summed E-state index contributed by atoms with van der Waals surface area (Å²) in [7, 11) is 0. The van der Waals surface area contributed by atoms with E-state index < -0.39 is 0 Å². The number of aromatic nitrogens is 1.